The highest BCUT2D eigenvalue weighted by Gasteiger charge is 2.20. The van der Waals surface area contributed by atoms with Gasteiger partial charge in [-0.15, -0.1) is 0 Å². The molecule has 0 saturated heterocycles. The summed E-state index contributed by atoms with van der Waals surface area (Å²) in [6.07, 6.45) is -1.10. The fourth-order valence-electron chi connectivity index (χ4n) is 1.60. The second kappa shape index (κ2) is 8.29. The molecule has 6 heteroatoms. The maximum atomic E-state index is 12.1. The number of aliphatic hydroxyl groups is 1. The lowest BCUT2D eigenvalue weighted by Crippen LogP contribution is -2.41. The molecule has 1 unspecified atom stereocenters. The number of amides is 1. The molecule has 0 aliphatic rings. The highest BCUT2D eigenvalue weighted by Crippen LogP contribution is 2.14. The minimum absolute atomic E-state index is 0.0298. The third-order valence-electron chi connectivity index (χ3n) is 2.47. The number of nitrogens with zero attached hydrogens (tertiary/aromatic N) is 1. The number of para-hydroxylation sites is 1. The SMILES string of the molecule is CCOC(O)CN(C(=O)COC(C)=O)c1ccccc1. The number of rotatable bonds is 7. The summed E-state index contributed by atoms with van der Waals surface area (Å²) in [6, 6.07) is 8.81. The summed E-state index contributed by atoms with van der Waals surface area (Å²) >= 11 is 0. The van der Waals surface area contributed by atoms with Crippen LogP contribution in [0.25, 0.3) is 0 Å². The lowest BCUT2D eigenvalue weighted by Gasteiger charge is -2.25. The van der Waals surface area contributed by atoms with Crippen molar-refractivity contribution in [3.05, 3.63) is 30.3 Å². The van der Waals surface area contributed by atoms with Crippen LogP contribution in [0.2, 0.25) is 0 Å². The monoisotopic (exact) mass is 281 g/mol. The number of hydrogen-bond acceptors (Lipinski definition) is 5. The van der Waals surface area contributed by atoms with Gasteiger partial charge in [0, 0.05) is 19.2 Å². The number of benzene rings is 1. The van der Waals surface area contributed by atoms with Gasteiger partial charge in [0.2, 0.25) is 0 Å². The van der Waals surface area contributed by atoms with Gasteiger partial charge in [-0.25, -0.2) is 0 Å². The molecule has 0 bridgehead atoms. The number of hydrogen-bond donors (Lipinski definition) is 1. The highest BCUT2D eigenvalue weighted by atomic mass is 16.6. The van der Waals surface area contributed by atoms with Gasteiger partial charge in [0.25, 0.3) is 5.91 Å². The first-order chi connectivity index (χ1) is 9.54. The van der Waals surface area contributed by atoms with E-state index in [4.69, 9.17) is 9.47 Å². The van der Waals surface area contributed by atoms with Crippen molar-refractivity contribution in [3.63, 3.8) is 0 Å². The molecule has 6 nitrogen and oxygen atoms in total. The highest BCUT2D eigenvalue weighted by molar-refractivity contribution is 5.95. The minimum Gasteiger partial charge on any atom is -0.456 e. The Morgan fingerprint density at radius 3 is 2.50 bits per heavy atom. The minimum atomic E-state index is -1.10. The summed E-state index contributed by atoms with van der Waals surface area (Å²) < 4.78 is 9.72. The van der Waals surface area contributed by atoms with Crippen LogP contribution in [-0.2, 0) is 19.1 Å². The van der Waals surface area contributed by atoms with Crippen LogP contribution in [0, 0.1) is 0 Å². The predicted molar refractivity (Wildman–Crippen MR) is 73.1 cm³/mol. The van der Waals surface area contributed by atoms with Gasteiger partial charge in [0.05, 0.1) is 6.54 Å². The number of anilines is 1. The van der Waals surface area contributed by atoms with Crippen molar-refractivity contribution in [2.24, 2.45) is 0 Å². The summed E-state index contributed by atoms with van der Waals surface area (Å²) in [5, 5.41) is 9.68. The van der Waals surface area contributed by atoms with Gasteiger partial charge in [0.15, 0.2) is 12.9 Å². The molecule has 1 aromatic carbocycles. The van der Waals surface area contributed by atoms with Gasteiger partial charge in [-0.1, -0.05) is 18.2 Å². The van der Waals surface area contributed by atoms with Gasteiger partial charge < -0.3 is 19.5 Å². The molecule has 1 N–H and O–H groups in total. The van der Waals surface area contributed by atoms with Gasteiger partial charge in [-0.3, -0.25) is 9.59 Å². The van der Waals surface area contributed by atoms with E-state index in [9.17, 15) is 14.7 Å². The quantitative estimate of drug-likeness (QED) is 0.594. The second-order valence-electron chi connectivity index (χ2n) is 4.03. The first-order valence-corrected chi connectivity index (χ1v) is 6.33. The summed E-state index contributed by atoms with van der Waals surface area (Å²) in [4.78, 5) is 24.2. The average Bonchev–Trinajstić information content (AvgIpc) is 2.43. The lowest BCUT2D eigenvalue weighted by atomic mass is 10.3. The van der Waals surface area contributed by atoms with Crippen molar-refractivity contribution in [1.29, 1.82) is 0 Å². The molecule has 0 saturated carbocycles. The maximum absolute atomic E-state index is 12.1. The zero-order valence-electron chi connectivity index (χ0n) is 11.6. The van der Waals surface area contributed by atoms with E-state index in [1.54, 1.807) is 31.2 Å². The summed E-state index contributed by atoms with van der Waals surface area (Å²) in [5.41, 5.74) is 0.600. The normalized spacial score (nSPS) is 11.8. The van der Waals surface area contributed by atoms with E-state index in [1.807, 2.05) is 6.07 Å². The van der Waals surface area contributed by atoms with Gasteiger partial charge in [-0.05, 0) is 19.1 Å². The number of aliphatic hydroxyl groups excluding tert-OH is 1. The molecule has 1 aromatic rings. The first-order valence-electron chi connectivity index (χ1n) is 6.33. The van der Waals surface area contributed by atoms with Crippen LogP contribution < -0.4 is 4.90 Å². The van der Waals surface area contributed by atoms with Gasteiger partial charge in [-0.2, -0.15) is 0 Å². The summed E-state index contributed by atoms with van der Waals surface area (Å²) in [6.45, 7) is 2.91. The molecule has 0 aromatic heterocycles. The van der Waals surface area contributed by atoms with Crippen LogP contribution in [0.3, 0.4) is 0 Å². The first kappa shape index (κ1) is 16.1. The molecule has 1 atom stereocenters. The van der Waals surface area contributed by atoms with Gasteiger partial charge >= 0.3 is 5.97 Å². The smallest absolute Gasteiger partial charge is 0.303 e. The number of esters is 1. The molecule has 0 fully saturated rings. The molecule has 0 radical (unpaired) electrons. The topological polar surface area (TPSA) is 76.1 Å². The number of carbonyl (C=O) groups is 2. The van der Waals surface area contributed by atoms with Crippen LogP contribution in [-0.4, -0.2) is 43.0 Å². The predicted octanol–water partition coefficient (Wildman–Crippen LogP) is 0.938. The van der Waals surface area contributed by atoms with Crippen molar-refractivity contribution >= 4 is 17.6 Å². The molecule has 0 aliphatic heterocycles. The Labute approximate surface area is 117 Å². The summed E-state index contributed by atoms with van der Waals surface area (Å²) in [7, 11) is 0. The van der Waals surface area contributed by atoms with Gasteiger partial charge in [0.1, 0.15) is 0 Å². The summed E-state index contributed by atoms with van der Waals surface area (Å²) in [5.74, 6) is -0.957. The van der Waals surface area contributed by atoms with Crippen LogP contribution in [0.15, 0.2) is 30.3 Å². The van der Waals surface area contributed by atoms with E-state index >= 15 is 0 Å². The number of ether oxygens (including phenoxy) is 2. The van der Waals surface area contributed by atoms with Crippen molar-refractivity contribution < 1.29 is 24.2 Å². The van der Waals surface area contributed by atoms with E-state index in [0.717, 1.165) is 0 Å². The third-order valence-corrected chi connectivity index (χ3v) is 2.47. The largest absolute Gasteiger partial charge is 0.456 e. The second-order valence-corrected chi connectivity index (χ2v) is 4.03. The van der Waals surface area contributed by atoms with Crippen LogP contribution in [0.4, 0.5) is 5.69 Å². The van der Waals surface area contributed by atoms with Crippen molar-refractivity contribution in [2.45, 2.75) is 20.1 Å². The van der Waals surface area contributed by atoms with E-state index in [1.165, 1.54) is 11.8 Å². The Balaban J connectivity index is 2.78. The van der Waals surface area contributed by atoms with Crippen LogP contribution >= 0.6 is 0 Å². The van der Waals surface area contributed by atoms with Crippen LogP contribution in [0.1, 0.15) is 13.8 Å². The van der Waals surface area contributed by atoms with Crippen molar-refractivity contribution in [3.8, 4) is 0 Å². The zero-order valence-corrected chi connectivity index (χ0v) is 11.6. The molecule has 110 valence electrons. The Bertz CT molecular complexity index is 434. The van der Waals surface area contributed by atoms with Crippen LogP contribution in [0.5, 0.6) is 0 Å². The zero-order chi connectivity index (χ0) is 15.0. The lowest BCUT2D eigenvalue weighted by molar-refractivity contribution is -0.146. The molecule has 1 amide bonds. The Kier molecular flexibility index (Phi) is 6.69. The molecule has 20 heavy (non-hydrogen) atoms. The standard InChI is InChI=1S/C14H19NO5/c1-3-19-14(18)9-15(12-7-5-4-6-8-12)13(17)10-20-11(2)16/h4-8,14,18H,3,9-10H2,1-2H3. The molecular formula is C14H19NO5. The Morgan fingerprint density at radius 2 is 1.95 bits per heavy atom. The van der Waals surface area contributed by atoms with E-state index in [0.29, 0.717) is 12.3 Å². The Hall–Kier alpha value is -1.92. The average molecular weight is 281 g/mol. The fraction of sp³-hybridized carbons (Fsp3) is 0.429. The van der Waals surface area contributed by atoms with Crippen molar-refractivity contribution in [1.82, 2.24) is 0 Å². The Morgan fingerprint density at radius 1 is 1.30 bits per heavy atom. The molecule has 0 aliphatic carbocycles. The van der Waals surface area contributed by atoms with Crippen molar-refractivity contribution in [2.75, 3.05) is 24.7 Å². The molecular weight excluding hydrogens is 262 g/mol. The maximum Gasteiger partial charge on any atom is 0.303 e. The molecule has 0 spiro atoms. The van der Waals surface area contributed by atoms with E-state index in [2.05, 4.69) is 0 Å². The molecule has 1 rings (SSSR count). The third kappa shape index (κ3) is 5.38. The van der Waals surface area contributed by atoms with E-state index < -0.39 is 18.2 Å². The van der Waals surface area contributed by atoms with E-state index in [-0.39, 0.29) is 13.2 Å². The molecule has 0 heterocycles. The number of carbonyl (C=O) groups excluding carboxylic acids is 2. The fourth-order valence-corrected chi connectivity index (χ4v) is 1.60.